The molecule has 4 amide bonds. The lowest BCUT2D eigenvalue weighted by molar-refractivity contribution is -0.134. The molecule has 0 aromatic heterocycles. The summed E-state index contributed by atoms with van der Waals surface area (Å²) in [5.41, 5.74) is 2.36. The molecule has 0 spiro atoms. The average molecular weight is 482 g/mol. The van der Waals surface area contributed by atoms with E-state index in [0.29, 0.717) is 31.5 Å². The van der Waals surface area contributed by atoms with Crippen molar-refractivity contribution in [1.82, 2.24) is 15.1 Å². The summed E-state index contributed by atoms with van der Waals surface area (Å²) >= 11 is 0. The van der Waals surface area contributed by atoms with E-state index < -0.39 is 11.6 Å². The third-order valence-corrected chi connectivity index (χ3v) is 7.21. The Balaban J connectivity index is 1.56. The summed E-state index contributed by atoms with van der Waals surface area (Å²) in [6, 6.07) is 11.4. The molecule has 2 fully saturated rings. The van der Waals surface area contributed by atoms with Gasteiger partial charge in [-0.05, 0) is 61.9 Å². The molecule has 4 rings (SSSR count). The number of carbonyl (C=O) groups is 3. The number of nitrogens with one attached hydrogen (secondary N) is 1. The van der Waals surface area contributed by atoms with Gasteiger partial charge in [0.05, 0.1) is 13.2 Å². The molecule has 7 nitrogen and oxygen atoms in total. The number of ether oxygens (including phenoxy) is 1. The van der Waals surface area contributed by atoms with Crippen molar-refractivity contribution in [3.05, 3.63) is 70.5 Å². The van der Waals surface area contributed by atoms with Gasteiger partial charge >= 0.3 is 6.03 Å². The lowest BCUT2D eigenvalue weighted by atomic mass is 9.73. The number of rotatable bonds is 7. The quantitative estimate of drug-likeness (QED) is 0.615. The van der Waals surface area contributed by atoms with E-state index in [0.717, 1.165) is 16.7 Å². The third-order valence-electron chi connectivity index (χ3n) is 7.21. The molecule has 1 N–H and O–H groups in total. The summed E-state index contributed by atoms with van der Waals surface area (Å²) in [7, 11) is 1.52. The lowest BCUT2D eigenvalue weighted by Crippen LogP contribution is -2.58. The molecule has 2 saturated heterocycles. The van der Waals surface area contributed by atoms with Gasteiger partial charge < -0.3 is 15.0 Å². The number of imide groups is 1. The van der Waals surface area contributed by atoms with Crippen LogP contribution in [-0.4, -0.2) is 66.5 Å². The van der Waals surface area contributed by atoms with Crippen LogP contribution >= 0.6 is 0 Å². The summed E-state index contributed by atoms with van der Waals surface area (Å²) in [5.74, 6) is -0.829. The van der Waals surface area contributed by atoms with Gasteiger partial charge in [-0.15, -0.1) is 0 Å². The largest absolute Gasteiger partial charge is 0.383 e. The van der Waals surface area contributed by atoms with Gasteiger partial charge in [0.25, 0.3) is 11.8 Å². The first-order chi connectivity index (χ1) is 16.7. The van der Waals surface area contributed by atoms with Crippen molar-refractivity contribution < 1.29 is 23.5 Å². The SMILES string of the molecule is COCCN1C(=O)N[C@](Cc2ccc(F)cc2)(C2CCN(C(=O)c3ccc(C)cc3C)CC2)C1=O. The number of benzene rings is 2. The maximum Gasteiger partial charge on any atom is 0.325 e. The van der Waals surface area contributed by atoms with E-state index in [-0.39, 0.29) is 43.1 Å². The molecule has 0 saturated carbocycles. The van der Waals surface area contributed by atoms with Crippen molar-refractivity contribution in [3.8, 4) is 0 Å². The molecule has 186 valence electrons. The number of hydrogen-bond donors (Lipinski definition) is 1. The normalized spacial score (nSPS) is 20.9. The standard InChI is InChI=1S/C27H32FN3O4/c1-18-4-9-23(19(2)16-18)24(32)30-12-10-21(11-13-30)27(17-20-5-7-22(28)8-6-20)25(33)31(14-15-35-3)26(34)29-27/h4-9,16,21H,10-15,17H2,1-3H3,(H,29,34)/t27-/m1/s1. The number of nitrogens with zero attached hydrogens (tertiary/aromatic N) is 2. The van der Waals surface area contributed by atoms with E-state index in [1.807, 2.05) is 36.9 Å². The summed E-state index contributed by atoms with van der Waals surface area (Å²) in [6.45, 7) is 5.32. The fourth-order valence-electron chi connectivity index (χ4n) is 5.29. The highest BCUT2D eigenvalue weighted by Gasteiger charge is 2.55. The maximum absolute atomic E-state index is 13.7. The Morgan fingerprint density at radius 1 is 1.11 bits per heavy atom. The Morgan fingerprint density at radius 3 is 2.43 bits per heavy atom. The van der Waals surface area contributed by atoms with Crippen molar-refractivity contribution in [3.63, 3.8) is 0 Å². The lowest BCUT2D eigenvalue weighted by Gasteiger charge is -2.41. The molecule has 2 aliphatic rings. The van der Waals surface area contributed by atoms with Gasteiger partial charge in [-0.3, -0.25) is 14.5 Å². The van der Waals surface area contributed by atoms with Crippen LogP contribution in [-0.2, 0) is 16.0 Å². The summed E-state index contributed by atoms with van der Waals surface area (Å²) in [5, 5.41) is 2.98. The molecule has 2 aliphatic heterocycles. The first-order valence-electron chi connectivity index (χ1n) is 12.0. The van der Waals surface area contributed by atoms with Crippen LogP contribution in [0.2, 0.25) is 0 Å². The summed E-state index contributed by atoms with van der Waals surface area (Å²) in [6.07, 6.45) is 1.40. The minimum Gasteiger partial charge on any atom is -0.383 e. The van der Waals surface area contributed by atoms with Crippen molar-refractivity contribution in [1.29, 1.82) is 0 Å². The first-order valence-corrected chi connectivity index (χ1v) is 12.0. The zero-order valence-electron chi connectivity index (χ0n) is 20.5. The molecule has 8 heteroatoms. The van der Waals surface area contributed by atoms with Crippen LogP contribution in [0, 0.1) is 25.6 Å². The third kappa shape index (κ3) is 4.93. The Morgan fingerprint density at radius 2 is 1.80 bits per heavy atom. The highest BCUT2D eigenvalue weighted by Crippen LogP contribution is 2.37. The first kappa shape index (κ1) is 24.9. The second-order valence-electron chi connectivity index (χ2n) is 9.54. The van der Waals surface area contributed by atoms with Crippen LogP contribution in [0.4, 0.5) is 9.18 Å². The van der Waals surface area contributed by atoms with E-state index >= 15 is 0 Å². The van der Waals surface area contributed by atoms with Gasteiger partial charge in [-0.25, -0.2) is 9.18 Å². The number of aryl methyl sites for hydroxylation is 2. The zero-order valence-corrected chi connectivity index (χ0v) is 20.5. The van der Waals surface area contributed by atoms with Crippen LogP contribution in [0.5, 0.6) is 0 Å². The minimum absolute atomic E-state index is 0.0166. The summed E-state index contributed by atoms with van der Waals surface area (Å²) < 4.78 is 18.6. The number of amides is 4. The van der Waals surface area contributed by atoms with Crippen LogP contribution < -0.4 is 5.32 Å². The number of carbonyl (C=O) groups excluding carboxylic acids is 3. The van der Waals surface area contributed by atoms with E-state index in [1.165, 1.54) is 24.1 Å². The molecule has 0 unspecified atom stereocenters. The van der Waals surface area contributed by atoms with Gasteiger partial charge in [0.2, 0.25) is 0 Å². The Kier molecular flexibility index (Phi) is 7.21. The average Bonchev–Trinajstić information content (AvgIpc) is 3.08. The molecule has 2 heterocycles. The molecule has 0 aliphatic carbocycles. The van der Waals surface area contributed by atoms with Crippen molar-refractivity contribution in [2.75, 3.05) is 33.4 Å². The molecule has 2 aromatic rings. The van der Waals surface area contributed by atoms with E-state index in [2.05, 4.69) is 5.32 Å². The highest BCUT2D eigenvalue weighted by molar-refractivity contribution is 6.07. The molecule has 2 aromatic carbocycles. The van der Waals surface area contributed by atoms with Gasteiger partial charge in [-0.1, -0.05) is 29.8 Å². The Labute approximate surface area is 205 Å². The monoisotopic (exact) mass is 481 g/mol. The van der Waals surface area contributed by atoms with Gasteiger partial charge in [0, 0.05) is 32.2 Å². The van der Waals surface area contributed by atoms with Crippen molar-refractivity contribution in [2.45, 2.75) is 38.6 Å². The number of likely N-dealkylation sites (tertiary alicyclic amines) is 1. The van der Waals surface area contributed by atoms with Crippen LogP contribution in [0.1, 0.15) is 39.9 Å². The van der Waals surface area contributed by atoms with E-state index in [1.54, 1.807) is 12.1 Å². The molecule has 0 bridgehead atoms. The smallest absolute Gasteiger partial charge is 0.325 e. The zero-order chi connectivity index (χ0) is 25.2. The molecular formula is C27H32FN3O4. The number of halogens is 1. The van der Waals surface area contributed by atoms with E-state index in [4.69, 9.17) is 4.74 Å². The van der Waals surface area contributed by atoms with Crippen LogP contribution in [0.15, 0.2) is 42.5 Å². The molecule has 0 radical (unpaired) electrons. The Hall–Kier alpha value is -3.26. The Bertz CT molecular complexity index is 1110. The topological polar surface area (TPSA) is 79.0 Å². The predicted octanol–water partition coefficient (Wildman–Crippen LogP) is 3.47. The second-order valence-corrected chi connectivity index (χ2v) is 9.54. The van der Waals surface area contributed by atoms with Gasteiger partial charge in [-0.2, -0.15) is 0 Å². The molecular weight excluding hydrogens is 449 g/mol. The number of piperidine rings is 1. The van der Waals surface area contributed by atoms with Crippen LogP contribution in [0.3, 0.4) is 0 Å². The highest BCUT2D eigenvalue weighted by atomic mass is 19.1. The molecule has 35 heavy (non-hydrogen) atoms. The fraction of sp³-hybridized carbons (Fsp3) is 0.444. The van der Waals surface area contributed by atoms with Crippen molar-refractivity contribution >= 4 is 17.8 Å². The number of hydrogen-bond acceptors (Lipinski definition) is 4. The van der Waals surface area contributed by atoms with Crippen molar-refractivity contribution in [2.24, 2.45) is 5.92 Å². The second kappa shape index (κ2) is 10.2. The fourth-order valence-corrected chi connectivity index (χ4v) is 5.29. The predicted molar refractivity (Wildman–Crippen MR) is 129 cm³/mol. The van der Waals surface area contributed by atoms with Gasteiger partial charge in [0.1, 0.15) is 11.4 Å². The summed E-state index contributed by atoms with van der Waals surface area (Å²) in [4.78, 5) is 42.7. The van der Waals surface area contributed by atoms with E-state index in [9.17, 15) is 18.8 Å². The molecule has 1 atom stereocenters. The number of urea groups is 1. The number of methoxy groups -OCH3 is 1. The van der Waals surface area contributed by atoms with Gasteiger partial charge in [0.15, 0.2) is 0 Å². The van der Waals surface area contributed by atoms with Crippen LogP contribution in [0.25, 0.3) is 0 Å². The maximum atomic E-state index is 13.7. The minimum atomic E-state index is -1.14.